The van der Waals surface area contributed by atoms with Crippen molar-refractivity contribution in [2.75, 3.05) is 26.2 Å². The predicted molar refractivity (Wildman–Crippen MR) is 118 cm³/mol. The number of rotatable bonds is 7. The van der Waals surface area contributed by atoms with Gasteiger partial charge >= 0.3 is 0 Å². The van der Waals surface area contributed by atoms with E-state index in [2.05, 4.69) is 10.3 Å². The number of fused-ring (bicyclic) bond motifs is 1. The van der Waals surface area contributed by atoms with Gasteiger partial charge in [-0.25, -0.2) is 0 Å². The molecule has 1 aliphatic rings. The van der Waals surface area contributed by atoms with Crippen molar-refractivity contribution in [3.8, 4) is 0 Å². The molecule has 2 heterocycles. The Labute approximate surface area is 180 Å². The van der Waals surface area contributed by atoms with Crippen LogP contribution in [-0.4, -0.2) is 58.0 Å². The van der Waals surface area contributed by atoms with Gasteiger partial charge in [-0.3, -0.25) is 9.59 Å². The van der Waals surface area contributed by atoms with Crippen LogP contribution in [0.5, 0.6) is 0 Å². The standard InChI is InChI=1S/C24H25N3O4/c1-15-7-8-19-17(13-15)18(14-26-19)21-20(22(29)16-5-3-2-4-6-16)23(30)24(31)27(21)11-9-25-10-12-28/h2-8,13-14,21,25-26,28-29H,9-12H2,1H3/b22-20+. The van der Waals surface area contributed by atoms with Crippen LogP contribution in [0.3, 0.4) is 0 Å². The van der Waals surface area contributed by atoms with Crippen LogP contribution in [0.25, 0.3) is 16.7 Å². The molecule has 1 atom stereocenters. The van der Waals surface area contributed by atoms with Crippen LogP contribution >= 0.6 is 0 Å². The van der Waals surface area contributed by atoms with E-state index < -0.39 is 17.7 Å². The summed E-state index contributed by atoms with van der Waals surface area (Å²) in [7, 11) is 0. The molecule has 7 heteroatoms. The van der Waals surface area contributed by atoms with Crippen molar-refractivity contribution in [3.05, 3.63) is 77.0 Å². The van der Waals surface area contributed by atoms with Gasteiger partial charge in [0, 0.05) is 47.9 Å². The highest BCUT2D eigenvalue weighted by atomic mass is 16.3. The SMILES string of the molecule is Cc1ccc2[nH]cc(C3/C(=C(\O)c4ccccc4)C(=O)C(=O)N3CCNCCO)c2c1. The molecule has 1 fully saturated rings. The Morgan fingerprint density at radius 3 is 2.65 bits per heavy atom. The molecular weight excluding hydrogens is 394 g/mol. The zero-order chi connectivity index (χ0) is 22.0. The molecule has 2 aromatic carbocycles. The molecule has 0 spiro atoms. The van der Waals surface area contributed by atoms with Gasteiger partial charge < -0.3 is 25.4 Å². The second kappa shape index (κ2) is 8.75. The Kier molecular flexibility index (Phi) is 5.88. The molecular formula is C24H25N3O4. The molecule has 1 aliphatic heterocycles. The summed E-state index contributed by atoms with van der Waals surface area (Å²) in [6.45, 7) is 3.04. The van der Waals surface area contributed by atoms with Gasteiger partial charge in [-0.2, -0.15) is 0 Å². The Bertz CT molecular complexity index is 1150. The fourth-order valence-electron chi connectivity index (χ4n) is 4.07. The van der Waals surface area contributed by atoms with Crippen molar-refractivity contribution in [2.24, 2.45) is 0 Å². The number of aromatic amines is 1. The number of likely N-dealkylation sites (tertiary alicyclic amines) is 1. The molecule has 31 heavy (non-hydrogen) atoms. The van der Waals surface area contributed by atoms with Gasteiger partial charge in [0.2, 0.25) is 0 Å². The highest BCUT2D eigenvalue weighted by molar-refractivity contribution is 6.46. The Balaban J connectivity index is 1.85. The van der Waals surface area contributed by atoms with Crippen LogP contribution < -0.4 is 5.32 Å². The summed E-state index contributed by atoms with van der Waals surface area (Å²) in [4.78, 5) is 30.7. The largest absolute Gasteiger partial charge is 0.507 e. The third kappa shape index (κ3) is 3.85. The smallest absolute Gasteiger partial charge is 0.295 e. The first-order valence-corrected chi connectivity index (χ1v) is 10.3. The third-order valence-electron chi connectivity index (χ3n) is 5.57. The molecule has 1 saturated heterocycles. The van der Waals surface area contributed by atoms with Gasteiger partial charge in [0.1, 0.15) is 5.76 Å². The molecule has 0 radical (unpaired) electrons. The minimum atomic E-state index is -0.716. The molecule has 0 bridgehead atoms. The third-order valence-corrected chi connectivity index (χ3v) is 5.57. The van der Waals surface area contributed by atoms with Crippen LogP contribution in [0.1, 0.15) is 22.7 Å². The minimum absolute atomic E-state index is 0.0159. The summed E-state index contributed by atoms with van der Waals surface area (Å²) in [6, 6.07) is 14.0. The molecule has 1 unspecified atom stereocenters. The van der Waals surface area contributed by atoms with Crippen LogP contribution in [-0.2, 0) is 9.59 Å². The lowest BCUT2D eigenvalue weighted by atomic mass is 9.94. The summed E-state index contributed by atoms with van der Waals surface area (Å²) in [6.07, 6.45) is 1.80. The van der Waals surface area contributed by atoms with Gasteiger partial charge in [-0.15, -0.1) is 0 Å². The normalized spacial score (nSPS) is 18.3. The summed E-state index contributed by atoms with van der Waals surface area (Å²) < 4.78 is 0. The number of amides is 1. The van der Waals surface area contributed by atoms with Gasteiger partial charge in [-0.05, 0) is 19.1 Å². The number of hydrogen-bond acceptors (Lipinski definition) is 5. The first-order valence-electron chi connectivity index (χ1n) is 10.3. The van der Waals surface area contributed by atoms with E-state index in [1.807, 2.05) is 31.2 Å². The second-order valence-electron chi connectivity index (χ2n) is 7.63. The number of hydrogen-bond donors (Lipinski definition) is 4. The number of aromatic nitrogens is 1. The van der Waals surface area contributed by atoms with Gasteiger partial charge in [-0.1, -0.05) is 42.0 Å². The zero-order valence-corrected chi connectivity index (χ0v) is 17.3. The molecule has 1 amide bonds. The predicted octanol–water partition coefficient (Wildman–Crippen LogP) is 2.48. The average Bonchev–Trinajstić information content (AvgIpc) is 3.30. The van der Waals surface area contributed by atoms with E-state index in [1.54, 1.807) is 30.5 Å². The second-order valence-corrected chi connectivity index (χ2v) is 7.63. The maximum Gasteiger partial charge on any atom is 0.295 e. The van der Waals surface area contributed by atoms with Crippen LogP contribution in [0.4, 0.5) is 0 Å². The first kappa shape index (κ1) is 20.8. The number of carbonyl (C=O) groups is 2. The van der Waals surface area contributed by atoms with Crippen molar-refractivity contribution in [3.63, 3.8) is 0 Å². The van der Waals surface area contributed by atoms with E-state index in [4.69, 9.17) is 5.11 Å². The molecule has 0 saturated carbocycles. The number of ketones is 1. The molecule has 4 N–H and O–H groups in total. The molecule has 4 rings (SSSR count). The van der Waals surface area contributed by atoms with Gasteiger partial charge in [0.15, 0.2) is 0 Å². The van der Waals surface area contributed by atoms with E-state index in [9.17, 15) is 14.7 Å². The van der Waals surface area contributed by atoms with Gasteiger partial charge in [0.05, 0.1) is 18.2 Å². The summed E-state index contributed by atoms with van der Waals surface area (Å²) >= 11 is 0. The zero-order valence-electron chi connectivity index (χ0n) is 17.3. The number of aryl methyl sites for hydroxylation is 1. The Morgan fingerprint density at radius 1 is 1.13 bits per heavy atom. The minimum Gasteiger partial charge on any atom is -0.507 e. The van der Waals surface area contributed by atoms with Crippen LogP contribution in [0.15, 0.2) is 60.3 Å². The van der Waals surface area contributed by atoms with Crippen molar-refractivity contribution in [1.29, 1.82) is 0 Å². The molecule has 0 aliphatic carbocycles. The first-order chi connectivity index (χ1) is 15.0. The highest BCUT2D eigenvalue weighted by Crippen LogP contribution is 2.41. The topological polar surface area (TPSA) is 106 Å². The van der Waals surface area contributed by atoms with Crippen molar-refractivity contribution in [1.82, 2.24) is 15.2 Å². The number of H-pyrrole nitrogens is 1. The maximum atomic E-state index is 13.0. The summed E-state index contributed by atoms with van der Waals surface area (Å²) in [5, 5.41) is 24.0. The maximum absolute atomic E-state index is 13.0. The number of nitrogens with zero attached hydrogens (tertiary/aromatic N) is 1. The average molecular weight is 419 g/mol. The van der Waals surface area contributed by atoms with Crippen molar-refractivity contribution < 1.29 is 19.8 Å². The van der Waals surface area contributed by atoms with Crippen molar-refractivity contribution >= 4 is 28.4 Å². The number of benzene rings is 2. The van der Waals surface area contributed by atoms with E-state index in [0.29, 0.717) is 18.7 Å². The van der Waals surface area contributed by atoms with Crippen LogP contribution in [0, 0.1) is 6.92 Å². The van der Waals surface area contributed by atoms with Gasteiger partial charge in [0.25, 0.3) is 11.7 Å². The molecule has 160 valence electrons. The molecule has 7 nitrogen and oxygen atoms in total. The molecule has 3 aromatic rings. The number of aliphatic hydroxyl groups is 2. The van der Waals surface area contributed by atoms with E-state index in [0.717, 1.165) is 22.0 Å². The number of aliphatic hydroxyl groups excluding tert-OH is 2. The number of carbonyl (C=O) groups excluding carboxylic acids is 2. The Morgan fingerprint density at radius 2 is 1.90 bits per heavy atom. The van der Waals surface area contributed by atoms with E-state index in [1.165, 1.54) is 4.90 Å². The molecule has 1 aromatic heterocycles. The monoisotopic (exact) mass is 419 g/mol. The summed E-state index contributed by atoms with van der Waals surface area (Å²) in [5.74, 6) is -1.53. The quantitative estimate of drug-likeness (QED) is 0.204. The fourth-order valence-corrected chi connectivity index (χ4v) is 4.07. The summed E-state index contributed by atoms with van der Waals surface area (Å²) in [5.41, 5.74) is 3.28. The Hall–Kier alpha value is -3.42. The number of Topliss-reactive ketones (excluding diaryl/α,β-unsaturated/α-hetero) is 1. The fraction of sp³-hybridized carbons (Fsp3) is 0.250. The lowest BCUT2D eigenvalue weighted by Crippen LogP contribution is -2.36. The lowest BCUT2D eigenvalue weighted by molar-refractivity contribution is -0.139. The van der Waals surface area contributed by atoms with Crippen molar-refractivity contribution in [2.45, 2.75) is 13.0 Å². The van der Waals surface area contributed by atoms with Crippen LogP contribution in [0.2, 0.25) is 0 Å². The van der Waals surface area contributed by atoms with E-state index >= 15 is 0 Å². The lowest BCUT2D eigenvalue weighted by Gasteiger charge is -2.25. The van der Waals surface area contributed by atoms with E-state index in [-0.39, 0.29) is 24.5 Å². The number of nitrogens with one attached hydrogen (secondary N) is 2. The highest BCUT2D eigenvalue weighted by Gasteiger charge is 2.46.